The Morgan fingerprint density at radius 1 is 1.11 bits per heavy atom. The molecule has 0 spiro atoms. The molecule has 0 radical (unpaired) electrons. The SMILES string of the molecule is COCc1c(C(=O)NC(C)C)ncc2c1c1cc(OCCC(C)C)ccc1n2C(=O)OC(C)(C)C. The van der Waals surface area contributed by atoms with Gasteiger partial charge in [-0.1, -0.05) is 13.8 Å². The first-order chi connectivity index (χ1) is 16.4. The minimum absolute atomic E-state index is 0.0561. The molecule has 0 fully saturated rings. The number of amides is 1. The van der Waals surface area contributed by atoms with E-state index in [0.717, 1.165) is 11.8 Å². The van der Waals surface area contributed by atoms with E-state index in [1.54, 1.807) is 13.3 Å². The van der Waals surface area contributed by atoms with Crippen LogP contribution in [0.1, 0.15) is 70.9 Å². The van der Waals surface area contributed by atoms with Crippen LogP contribution in [0.4, 0.5) is 4.79 Å². The Hall–Kier alpha value is -3.13. The average molecular weight is 484 g/mol. The molecule has 3 aromatic rings. The summed E-state index contributed by atoms with van der Waals surface area (Å²) in [7, 11) is 1.57. The first kappa shape index (κ1) is 26.5. The van der Waals surface area contributed by atoms with Crippen LogP contribution in [0, 0.1) is 5.92 Å². The number of benzene rings is 1. The average Bonchev–Trinajstić information content (AvgIpc) is 3.06. The third-order valence-electron chi connectivity index (χ3n) is 5.34. The largest absolute Gasteiger partial charge is 0.494 e. The summed E-state index contributed by atoms with van der Waals surface area (Å²) in [6, 6.07) is 5.54. The van der Waals surface area contributed by atoms with Gasteiger partial charge in [-0.25, -0.2) is 14.3 Å². The van der Waals surface area contributed by atoms with Crippen LogP contribution in [0.25, 0.3) is 21.8 Å². The fourth-order valence-corrected chi connectivity index (χ4v) is 3.87. The first-order valence-electron chi connectivity index (χ1n) is 12.0. The second kappa shape index (κ2) is 10.6. The number of nitrogens with one attached hydrogen (secondary N) is 1. The molecule has 3 rings (SSSR count). The molecule has 0 aliphatic heterocycles. The molecule has 0 saturated heterocycles. The number of ether oxygens (including phenoxy) is 3. The van der Waals surface area contributed by atoms with Crippen molar-refractivity contribution in [3.8, 4) is 5.75 Å². The van der Waals surface area contributed by atoms with E-state index in [4.69, 9.17) is 14.2 Å². The van der Waals surface area contributed by atoms with E-state index < -0.39 is 11.7 Å². The lowest BCUT2D eigenvalue weighted by Crippen LogP contribution is -2.31. The Kier molecular flexibility index (Phi) is 8.05. The van der Waals surface area contributed by atoms with Gasteiger partial charge in [-0.2, -0.15) is 0 Å². The van der Waals surface area contributed by atoms with Crippen LogP contribution in [0.3, 0.4) is 0 Å². The maximum atomic E-state index is 13.3. The molecule has 2 aromatic heterocycles. The zero-order valence-electron chi connectivity index (χ0n) is 22.0. The maximum Gasteiger partial charge on any atom is 0.419 e. The molecule has 2 heterocycles. The van der Waals surface area contributed by atoms with Crippen molar-refractivity contribution in [3.05, 3.63) is 35.7 Å². The Labute approximate surface area is 206 Å². The molecule has 190 valence electrons. The highest BCUT2D eigenvalue weighted by Crippen LogP contribution is 2.36. The number of hydrogen-bond acceptors (Lipinski definition) is 6. The highest BCUT2D eigenvalue weighted by Gasteiger charge is 2.27. The fraction of sp³-hybridized carbons (Fsp3) is 0.519. The molecule has 0 aliphatic rings. The van der Waals surface area contributed by atoms with E-state index in [0.29, 0.717) is 40.3 Å². The number of hydrogen-bond donors (Lipinski definition) is 1. The van der Waals surface area contributed by atoms with Crippen molar-refractivity contribution in [3.63, 3.8) is 0 Å². The summed E-state index contributed by atoms with van der Waals surface area (Å²) >= 11 is 0. The predicted octanol–water partition coefficient (Wildman–Crippen LogP) is 5.68. The van der Waals surface area contributed by atoms with Crippen molar-refractivity contribution in [2.75, 3.05) is 13.7 Å². The molecule has 0 saturated carbocycles. The highest BCUT2D eigenvalue weighted by atomic mass is 16.6. The lowest BCUT2D eigenvalue weighted by atomic mass is 10.0. The Morgan fingerprint density at radius 2 is 1.83 bits per heavy atom. The van der Waals surface area contributed by atoms with Gasteiger partial charge in [0, 0.05) is 29.5 Å². The summed E-state index contributed by atoms with van der Waals surface area (Å²) in [5.74, 6) is 0.917. The van der Waals surface area contributed by atoms with E-state index in [9.17, 15) is 9.59 Å². The molecule has 1 N–H and O–H groups in total. The number of rotatable bonds is 8. The van der Waals surface area contributed by atoms with Gasteiger partial charge in [0.15, 0.2) is 0 Å². The summed E-state index contributed by atoms with van der Waals surface area (Å²) in [6.45, 7) is 14.3. The van der Waals surface area contributed by atoms with Crippen molar-refractivity contribution >= 4 is 33.8 Å². The molecular formula is C27H37N3O5. The van der Waals surface area contributed by atoms with Crippen LogP contribution in [0.5, 0.6) is 5.75 Å². The minimum atomic E-state index is -0.681. The van der Waals surface area contributed by atoms with Gasteiger partial charge < -0.3 is 19.5 Å². The number of nitrogens with zero attached hydrogens (tertiary/aromatic N) is 2. The summed E-state index contributed by atoms with van der Waals surface area (Å²) in [5, 5.41) is 4.38. The van der Waals surface area contributed by atoms with Crippen LogP contribution in [0.15, 0.2) is 24.4 Å². The van der Waals surface area contributed by atoms with Gasteiger partial charge in [-0.15, -0.1) is 0 Å². The molecule has 1 amide bonds. The van der Waals surface area contributed by atoms with Gasteiger partial charge >= 0.3 is 6.09 Å². The third-order valence-corrected chi connectivity index (χ3v) is 5.34. The molecule has 35 heavy (non-hydrogen) atoms. The highest BCUT2D eigenvalue weighted by molar-refractivity contribution is 6.16. The molecule has 0 unspecified atom stereocenters. The number of carbonyl (C=O) groups is 2. The number of methoxy groups -OCH3 is 1. The van der Waals surface area contributed by atoms with Gasteiger partial charge in [0.25, 0.3) is 5.91 Å². The Bertz CT molecular complexity index is 1220. The van der Waals surface area contributed by atoms with E-state index >= 15 is 0 Å². The second-order valence-electron chi connectivity index (χ2n) is 10.4. The third kappa shape index (κ3) is 6.11. The Balaban J connectivity index is 2.29. The van der Waals surface area contributed by atoms with E-state index in [-0.39, 0.29) is 24.2 Å². The number of carbonyl (C=O) groups excluding carboxylic acids is 2. The molecule has 8 heteroatoms. The van der Waals surface area contributed by atoms with E-state index in [2.05, 4.69) is 24.1 Å². The molecule has 8 nitrogen and oxygen atoms in total. The quantitative estimate of drug-likeness (QED) is 0.443. The van der Waals surface area contributed by atoms with Crippen molar-refractivity contribution in [1.82, 2.24) is 14.9 Å². The van der Waals surface area contributed by atoms with Crippen LogP contribution < -0.4 is 10.1 Å². The van der Waals surface area contributed by atoms with Gasteiger partial charge in [0.1, 0.15) is 17.0 Å². The lowest BCUT2D eigenvalue weighted by molar-refractivity contribution is 0.0551. The number of aromatic nitrogens is 2. The zero-order chi connectivity index (χ0) is 25.9. The second-order valence-corrected chi connectivity index (χ2v) is 10.4. The van der Waals surface area contributed by atoms with Gasteiger partial charge in [-0.3, -0.25) is 4.79 Å². The van der Waals surface area contributed by atoms with Crippen LogP contribution in [-0.4, -0.2) is 46.9 Å². The van der Waals surface area contributed by atoms with Crippen LogP contribution in [0.2, 0.25) is 0 Å². The summed E-state index contributed by atoms with van der Waals surface area (Å²) in [4.78, 5) is 30.7. The minimum Gasteiger partial charge on any atom is -0.494 e. The fourth-order valence-electron chi connectivity index (χ4n) is 3.87. The predicted molar refractivity (Wildman–Crippen MR) is 137 cm³/mol. The van der Waals surface area contributed by atoms with E-state index in [1.165, 1.54) is 4.57 Å². The van der Waals surface area contributed by atoms with Crippen LogP contribution in [-0.2, 0) is 16.1 Å². The monoisotopic (exact) mass is 483 g/mol. The van der Waals surface area contributed by atoms with Crippen molar-refractivity contribution in [1.29, 1.82) is 0 Å². The summed E-state index contributed by atoms with van der Waals surface area (Å²) in [6.07, 6.45) is 1.96. The molecule has 0 aliphatic carbocycles. The van der Waals surface area contributed by atoms with Gasteiger partial charge in [0.05, 0.1) is 30.4 Å². The standard InChI is InChI=1S/C27H37N3O5/c1-16(2)11-12-34-18-9-10-21-19(13-18)23-20(15-33-8)24(25(31)29-17(3)4)28-14-22(23)30(21)26(32)35-27(5,6)7/h9-10,13-14,16-17H,11-12,15H2,1-8H3,(H,29,31). The van der Waals surface area contributed by atoms with Crippen LogP contribution >= 0.6 is 0 Å². The van der Waals surface area contributed by atoms with Gasteiger partial charge in [-0.05, 0) is 65.2 Å². The molecule has 1 aromatic carbocycles. The number of fused-ring (bicyclic) bond motifs is 3. The molecular weight excluding hydrogens is 446 g/mol. The molecule has 0 bridgehead atoms. The topological polar surface area (TPSA) is 91.7 Å². The summed E-state index contributed by atoms with van der Waals surface area (Å²) in [5.41, 5.74) is 1.38. The normalized spacial score (nSPS) is 12.1. The molecule has 0 atom stereocenters. The van der Waals surface area contributed by atoms with Crippen molar-refractivity contribution < 1.29 is 23.8 Å². The number of pyridine rings is 1. The zero-order valence-corrected chi connectivity index (χ0v) is 22.0. The Morgan fingerprint density at radius 3 is 2.43 bits per heavy atom. The van der Waals surface area contributed by atoms with Crippen molar-refractivity contribution in [2.24, 2.45) is 5.92 Å². The maximum absolute atomic E-state index is 13.3. The van der Waals surface area contributed by atoms with Crippen molar-refractivity contribution in [2.45, 2.75) is 73.1 Å². The lowest BCUT2D eigenvalue weighted by Gasteiger charge is -2.20. The first-order valence-corrected chi connectivity index (χ1v) is 12.0. The van der Waals surface area contributed by atoms with Gasteiger partial charge in [0.2, 0.25) is 0 Å². The van der Waals surface area contributed by atoms with E-state index in [1.807, 2.05) is 52.8 Å². The summed E-state index contributed by atoms with van der Waals surface area (Å²) < 4.78 is 18.7. The smallest absolute Gasteiger partial charge is 0.419 e.